The zero-order valence-electron chi connectivity index (χ0n) is 17.1. The van der Waals surface area contributed by atoms with Crippen molar-refractivity contribution in [3.8, 4) is 0 Å². The summed E-state index contributed by atoms with van der Waals surface area (Å²) in [6, 6.07) is 9.25. The van der Waals surface area contributed by atoms with Gasteiger partial charge in [0.05, 0.1) is 12.6 Å². The highest BCUT2D eigenvalue weighted by Crippen LogP contribution is 2.37. The summed E-state index contributed by atoms with van der Waals surface area (Å²) in [4.78, 5) is 4.55. The number of hydrogen-bond donors (Lipinski definition) is 0. The molecule has 1 saturated heterocycles. The normalized spacial score (nSPS) is 17.3. The topological polar surface area (TPSA) is 15.7 Å². The lowest BCUT2D eigenvalue weighted by Gasteiger charge is -2.27. The van der Waals surface area contributed by atoms with Crippen LogP contribution in [0.15, 0.2) is 24.3 Å². The largest absolute Gasteiger partial charge is 0.382 e. The maximum atomic E-state index is 5.54. The molecule has 1 fully saturated rings. The first-order valence-electron chi connectivity index (χ1n) is 9.29. The van der Waals surface area contributed by atoms with E-state index < -0.39 is 0 Å². The minimum Gasteiger partial charge on any atom is -0.382 e. The van der Waals surface area contributed by atoms with E-state index in [0.717, 1.165) is 6.54 Å². The molecule has 2 aromatic carbocycles. The number of nitrogens with zero attached hydrogens (tertiary/aromatic N) is 2. The number of ether oxygens (including phenoxy) is 1. The lowest BCUT2D eigenvalue weighted by Crippen LogP contribution is -2.33. The van der Waals surface area contributed by atoms with E-state index in [-0.39, 0.29) is 6.04 Å². The fraction of sp³-hybridized carbons (Fsp3) is 0.435. The summed E-state index contributed by atoms with van der Waals surface area (Å²) < 4.78 is 5.54. The summed E-state index contributed by atoms with van der Waals surface area (Å²) in [5, 5.41) is 0. The first-order valence-corrected chi connectivity index (χ1v) is 9.29. The molecule has 0 amide bonds. The summed E-state index contributed by atoms with van der Waals surface area (Å²) in [5.41, 5.74) is 10.3. The Labute approximate surface area is 158 Å². The summed E-state index contributed by atoms with van der Waals surface area (Å²) in [7, 11) is 1.78. The zero-order chi connectivity index (χ0) is 19.0. The molecule has 26 heavy (non-hydrogen) atoms. The first kappa shape index (κ1) is 18.8. The number of benzene rings is 2. The smallest absolute Gasteiger partial charge is 0.209 e. The molecular formula is C23H30N2O. The molecule has 1 heterocycles. The first-order chi connectivity index (χ1) is 12.3. The Balaban J connectivity index is 2.00. The van der Waals surface area contributed by atoms with E-state index in [1.807, 2.05) is 0 Å². The molecule has 0 bridgehead atoms. The van der Waals surface area contributed by atoms with Crippen molar-refractivity contribution in [2.24, 2.45) is 0 Å². The summed E-state index contributed by atoms with van der Waals surface area (Å²) >= 11 is 0. The van der Waals surface area contributed by atoms with E-state index in [0.29, 0.717) is 6.61 Å². The van der Waals surface area contributed by atoms with Crippen molar-refractivity contribution in [2.75, 3.05) is 30.1 Å². The van der Waals surface area contributed by atoms with E-state index in [2.05, 4.69) is 82.3 Å². The molecule has 1 unspecified atom stereocenters. The van der Waals surface area contributed by atoms with Crippen molar-refractivity contribution >= 4 is 11.4 Å². The van der Waals surface area contributed by atoms with Crippen molar-refractivity contribution in [3.63, 3.8) is 0 Å². The van der Waals surface area contributed by atoms with Crippen LogP contribution in [0.3, 0.4) is 0 Å². The van der Waals surface area contributed by atoms with Gasteiger partial charge in [0.1, 0.15) is 0 Å². The highest BCUT2D eigenvalue weighted by atomic mass is 16.5. The van der Waals surface area contributed by atoms with Gasteiger partial charge in [-0.25, -0.2) is 0 Å². The van der Waals surface area contributed by atoms with Crippen LogP contribution in [0.5, 0.6) is 0 Å². The molecule has 0 aromatic heterocycles. The highest BCUT2D eigenvalue weighted by Gasteiger charge is 2.35. The Kier molecular flexibility index (Phi) is 5.29. The van der Waals surface area contributed by atoms with Gasteiger partial charge in [0.25, 0.3) is 0 Å². The molecule has 1 aliphatic heterocycles. The van der Waals surface area contributed by atoms with Crippen molar-refractivity contribution in [3.05, 3.63) is 64.3 Å². The summed E-state index contributed by atoms with van der Waals surface area (Å²) in [6.07, 6.45) is 0. The van der Waals surface area contributed by atoms with Gasteiger partial charge >= 0.3 is 0 Å². The van der Waals surface area contributed by atoms with Crippen LogP contribution in [-0.2, 0) is 4.74 Å². The van der Waals surface area contributed by atoms with Crippen LogP contribution >= 0.6 is 0 Å². The second-order valence-electron chi connectivity index (χ2n) is 7.68. The third-order valence-electron chi connectivity index (χ3n) is 5.13. The number of hydrogen-bond acceptors (Lipinski definition) is 3. The lowest BCUT2D eigenvalue weighted by molar-refractivity contribution is 0.185. The Bertz CT molecular complexity index is 766. The zero-order valence-corrected chi connectivity index (χ0v) is 17.1. The molecule has 3 nitrogen and oxygen atoms in total. The van der Waals surface area contributed by atoms with Crippen molar-refractivity contribution in [1.82, 2.24) is 0 Å². The van der Waals surface area contributed by atoms with Crippen LogP contribution in [0.25, 0.3) is 0 Å². The fourth-order valence-corrected chi connectivity index (χ4v) is 4.39. The maximum Gasteiger partial charge on any atom is 0.209 e. The second-order valence-corrected chi connectivity index (χ2v) is 7.68. The Morgan fingerprint density at radius 1 is 0.846 bits per heavy atom. The second kappa shape index (κ2) is 7.32. The Hall–Kier alpha value is -2.00. The lowest BCUT2D eigenvalue weighted by atomic mass is 10.0. The quantitative estimate of drug-likeness (QED) is 0.782. The molecule has 2 aromatic rings. The molecule has 3 rings (SSSR count). The number of anilines is 2. The molecule has 3 heteroatoms. The third-order valence-corrected chi connectivity index (χ3v) is 5.13. The molecule has 0 aliphatic carbocycles. The average Bonchev–Trinajstić information content (AvgIpc) is 2.89. The van der Waals surface area contributed by atoms with Crippen molar-refractivity contribution in [1.29, 1.82) is 0 Å². The average molecular weight is 351 g/mol. The highest BCUT2D eigenvalue weighted by molar-refractivity contribution is 5.69. The molecular weight excluding hydrogens is 320 g/mol. The van der Waals surface area contributed by atoms with Crippen LogP contribution in [0.2, 0.25) is 0 Å². The van der Waals surface area contributed by atoms with Crippen molar-refractivity contribution in [2.45, 2.75) is 47.6 Å². The maximum absolute atomic E-state index is 5.54. The minimum absolute atomic E-state index is 0.250. The van der Waals surface area contributed by atoms with E-state index in [1.165, 1.54) is 44.8 Å². The molecule has 0 N–H and O–H groups in total. The minimum atomic E-state index is 0.250. The van der Waals surface area contributed by atoms with Gasteiger partial charge in [0, 0.05) is 25.0 Å². The van der Waals surface area contributed by atoms with E-state index >= 15 is 0 Å². The van der Waals surface area contributed by atoms with E-state index in [4.69, 9.17) is 4.74 Å². The van der Waals surface area contributed by atoms with E-state index in [1.54, 1.807) is 7.11 Å². The predicted octanol–water partition coefficient (Wildman–Crippen LogP) is 4.88. The van der Waals surface area contributed by atoms with Gasteiger partial charge in [-0.2, -0.15) is 0 Å². The van der Waals surface area contributed by atoms with Crippen LogP contribution in [-0.4, -0.2) is 26.3 Å². The molecule has 2 radical (unpaired) electrons. The van der Waals surface area contributed by atoms with Gasteiger partial charge < -0.3 is 14.5 Å². The van der Waals surface area contributed by atoms with Gasteiger partial charge in [-0.05, 0) is 63.8 Å². The SMILES string of the molecule is COCC1CN(c2c(C)cc(C)cc2C)[C]N1c1c(C)cc(C)cc1C. The fourth-order valence-electron chi connectivity index (χ4n) is 4.39. The Morgan fingerprint density at radius 2 is 1.31 bits per heavy atom. The summed E-state index contributed by atoms with van der Waals surface area (Å²) in [5.74, 6) is 0. The molecule has 0 spiro atoms. The van der Waals surface area contributed by atoms with Gasteiger partial charge in [-0.1, -0.05) is 35.4 Å². The molecule has 0 saturated carbocycles. The molecule has 1 aliphatic rings. The van der Waals surface area contributed by atoms with Gasteiger partial charge in [0.15, 0.2) is 0 Å². The van der Waals surface area contributed by atoms with Crippen LogP contribution < -0.4 is 9.80 Å². The molecule has 138 valence electrons. The van der Waals surface area contributed by atoms with Gasteiger partial charge in [0.2, 0.25) is 6.67 Å². The number of aryl methyl sites for hydroxylation is 6. The Morgan fingerprint density at radius 3 is 1.77 bits per heavy atom. The van der Waals surface area contributed by atoms with Crippen molar-refractivity contribution < 1.29 is 4.74 Å². The number of methoxy groups -OCH3 is 1. The third kappa shape index (κ3) is 3.45. The van der Waals surface area contributed by atoms with Crippen LogP contribution in [0.1, 0.15) is 33.4 Å². The number of rotatable bonds is 4. The molecule has 1 atom stereocenters. The predicted molar refractivity (Wildman–Crippen MR) is 110 cm³/mol. The standard InChI is InChI=1S/C23H30N2O/c1-15-8-17(3)22(18(4)9-15)24-12-21(13-26-7)25(14-24)23-19(5)10-16(2)11-20(23)6/h8-11,21H,12-13H2,1-7H3. The van der Waals surface area contributed by atoms with Crippen LogP contribution in [0, 0.1) is 48.2 Å². The summed E-state index contributed by atoms with van der Waals surface area (Å²) in [6.45, 7) is 18.3. The van der Waals surface area contributed by atoms with Gasteiger partial charge in [-0.3, -0.25) is 0 Å². The van der Waals surface area contributed by atoms with Crippen LogP contribution in [0.4, 0.5) is 11.4 Å². The van der Waals surface area contributed by atoms with E-state index in [9.17, 15) is 0 Å². The van der Waals surface area contributed by atoms with Gasteiger partial charge in [-0.15, -0.1) is 0 Å². The monoisotopic (exact) mass is 350 g/mol.